The maximum atomic E-state index is 4.77. The molecule has 0 aliphatic carbocycles. The molecule has 0 amide bonds. The van der Waals surface area contributed by atoms with Crippen molar-refractivity contribution in [3.63, 3.8) is 0 Å². The van der Waals surface area contributed by atoms with Crippen LogP contribution in [0.4, 0.5) is 16.5 Å². The average Bonchev–Trinajstić information content (AvgIpc) is 3.49. The van der Waals surface area contributed by atoms with Crippen molar-refractivity contribution < 1.29 is 0 Å². The van der Waals surface area contributed by atoms with Crippen LogP contribution in [0.2, 0.25) is 0 Å². The lowest BCUT2D eigenvalue weighted by Gasteiger charge is -2.12. The van der Waals surface area contributed by atoms with Gasteiger partial charge in [-0.3, -0.25) is 0 Å². The van der Waals surface area contributed by atoms with Crippen LogP contribution in [0.1, 0.15) is 5.56 Å². The monoisotopic (exact) mass is 450 g/mol. The number of amidine groups is 1. The van der Waals surface area contributed by atoms with Crippen molar-refractivity contribution in [3.05, 3.63) is 96.0 Å². The van der Waals surface area contributed by atoms with Crippen LogP contribution in [0.15, 0.2) is 106 Å². The first-order chi connectivity index (χ1) is 16.2. The molecule has 0 aliphatic rings. The van der Waals surface area contributed by atoms with E-state index in [0.29, 0.717) is 11.0 Å². The molecule has 3 aromatic carbocycles. The minimum atomic E-state index is 0.518. The molecule has 0 atom stereocenters. The van der Waals surface area contributed by atoms with Gasteiger partial charge >= 0.3 is 0 Å². The van der Waals surface area contributed by atoms with Gasteiger partial charge in [-0.15, -0.1) is 21.6 Å². The molecule has 0 saturated heterocycles. The van der Waals surface area contributed by atoms with Gasteiger partial charge in [-0.25, -0.2) is 4.98 Å². The van der Waals surface area contributed by atoms with Gasteiger partial charge in [-0.2, -0.15) is 4.99 Å². The first-order valence-electron chi connectivity index (χ1n) is 10.5. The maximum Gasteiger partial charge on any atom is 0.211 e. The normalized spacial score (nSPS) is 12.0. The van der Waals surface area contributed by atoms with Gasteiger partial charge < -0.3 is 9.88 Å². The summed E-state index contributed by atoms with van der Waals surface area (Å²) in [6.07, 6.45) is 1.99. The van der Waals surface area contributed by atoms with Crippen molar-refractivity contribution in [1.29, 1.82) is 0 Å². The molecule has 2 heterocycles. The number of hydrogen-bond donors (Lipinski definition) is 1. The molecule has 0 unspecified atom stereocenters. The summed E-state index contributed by atoms with van der Waals surface area (Å²) < 4.78 is 0. The smallest absolute Gasteiger partial charge is 0.211 e. The van der Waals surface area contributed by atoms with Gasteiger partial charge in [0, 0.05) is 53.4 Å². The molecule has 162 valence electrons. The number of para-hydroxylation sites is 1. The van der Waals surface area contributed by atoms with E-state index < -0.39 is 0 Å². The van der Waals surface area contributed by atoms with E-state index in [-0.39, 0.29) is 0 Å². The standard InChI is InChI=1S/C26H22N6S/c1-32(2)20-14-12-18(13-15-20)25(31-30-19-8-4-3-5-9-19)29-26-28-24(17-33-26)22-16-27-23-11-7-6-10-21(22)23/h3-17,27H,1-2H3/b29-25-,31-30?. The van der Waals surface area contributed by atoms with E-state index in [9.17, 15) is 0 Å². The summed E-state index contributed by atoms with van der Waals surface area (Å²) in [7, 11) is 4.03. The number of rotatable bonds is 5. The first-order valence-corrected chi connectivity index (χ1v) is 11.4. The van der Waals surface area contributed by atoms with Crippen molar-refractivity contribution in [3.8, 4) is 11.3 Å². The van der Waals surface area contributed by atoms with E-state index in [1.54, 1.807) is 0 Å². The number of anilines is 1. The summed E-state index contributed by atoms with van der Waals surface area (Å²) in [5, 5.41) is 12.7. The topological polar surface area (TPSA) is 69.0 Å². The summed E-state index contributed by atoms with van der Waals surface area (Å²) in [5.41, 5.74) is 5.79. The molecule has 1 N–H and O–H groups in total. The Bertz CT molecular complexity index is 1430. The molecule has 0 radical (unpaired) electrons. The molecule has 0 saturated carbocycles. The number of nitrogens with one attached hydrogen (secondary N) is 1. The predicted octanol–water partition coefficient (Wildman–Crippen LogP) is 7.22. The van der Waals surface area contributed by atoms with Crippen LogP contribution in [0, 0.1) is 0 Å². The largest absolute Gasteiger partial charge is 0.378 e. The second-order valence-corrected chi connectivity index (χ2v) is 8.51. The van der Waals surface area contributed by atoms with E-state index in [4.69, 9.17) is 9.98 Å². The summed E-state index contributed by atoms with van der Waals surface area (Å²) in [6.45, 7) is 0. The van der Waals surface area contributed by atoms with Crippen molar-refractivity contribution in [2.45, 2.75) is 0 Å². The number of fused-ring (bicyclic) bond motifs is 1. The fraction of sp³-hybridized carbons (Fsp3) is 0.0769. The Balaban J connectivity index is 1.52. The Hall–Kier alpha value is -4.10. The molecule has 0 spiro atoms. The number of nitrogens with zero attached hydrogens (tertiary/aromatic N) is 5. The molecule has 0 aliphatic heterocycles. The highest BCUT2D eigenvalue weighted by molar-refractivity contribution is 7.13. The van der Waals surface area contributed by atoms with Crippen LogP contribution in [0.3, 0.4) is 0 Å². The third-order valence-electron chi connectivity index (χ3n) is 5.22. The summed E-state index contributed by atoms with van der Waals surface area (Å²) in [4.78, 5) is 14.9. The molecule has 7 heteroatoms. The van der Waals surface area contributed by atoms with Gasteiger partial charge in [0.25, 0.3) is 0 Å². The predicted molar refractivity (Wildman–Crippen MR) is 137 cm³/mol. The Kier molecular flexibility index (Phi) is 5.78. The average molecular weight is 451 g/mol. The summed E-state index contributed by atoms with van der Waals surface area (Å²) in [5.74, 6) is 0.518. The highest BCUT2D eigenvalue weighted by Crippen LogP contribution is 2.32. The van der Waals surface area contributed by atoms with Gasteiger partial charge in [0.2, 0.25) is 5.13 Å². The van der Waals surface area contributed by atoms with Gasteiger partial charge in [0.15, 0.2) is 5.84 Å². The van der Waals surface area contributed by atoms with Crippen LogP contribution >= 0.6 is 11.3 Å². The molecular formula is C26H22N6S. The van der Waals surface area contributed by atoms with Gasteiger partial charge in [0.1, 0.15) is 0 Å². The fourth-order valence-corrected chi connectivity index (χ4v) is 4.15. The van der Waals surface area contributed by atoms with Crippen LogP contribution in [0.25, 0.3) is 22.2 Å². The van der Waals surface area contributed by atoms with Crippen molar-refractivity contribution in [2.75, 3.05) is 19.0 Å². The Morgan fingerprint density at radius 1 is 0.909 bits per heavy atom. The molecule has 5 aromatic rings. The van der Waals surface area contributed by atoms with E-state index in [0.717, 1.165) is 39.1 Å². The van der Waals surface area contributed by atoms with E-state index in [1.807, 2.05) is 92.4 Å². The number of azo groups is 1. The van der Waals surface area contributed by atoms with E-state index in [1.165, 1.54) is 11.3 Å². The highest BCUT2D eigenvalue weighted by Gasteiger charge is 2.11. The van der Waals surface area contributed by atoms with Gasteiger partial charge in [-0.05, 0) is 42.5 Å². The lowest BCUT2D eigenvalue weighted by atomic mass is 10.1. The number of H-pyrrole nitrogens is 1. The molecule has 33 heavy (non-hydrogen) atoms. The lowest BCUT2D eigenvalue weighted by Crippen LogP contribution is -2.08. The number of aromatic amines is 1. The Morgan fingerprint density at radius 2 is 1.67 bits per heavy atom. The van der Waals surface area contributed by atoms with Gasteiger partial charge in [-0.1, -0.05) is 36.4 Å². The minimum absolute atomic E-state index is 0.518. The van der Waals surface area contributed by atoms with Crippen LogP contribution < -0.4 is 4.90 Å². The zero-order valence-electron chi connectivity index (χ0n) is 18.3. The molecule has 0 fully saturated rings. The number of benzene rings is 3. The van der Waals surface area contributed by atoms with Crippen molar-refractivity contribution in [1.82, 2.24) is 9.97 Å². The molecular weight excluding hydrogens is 428 g/mol. The van der Waals surface area contributed by atoms with Crippen molar-refractivity contribution in [2.24, 2.45) is 15.2 Å². The SMILES string of the molecule is CN(C)c1ccc(/C(N=Nc2ccccc2)=N/c2nc(-c3c[nH]c4ccccc34)cs2)cc1. The Morgan fingerprint density at radius 3 is 2.45 bits per heavy atom. The van der Waals surface area contributed by atoms with E-state index in [2.05, 4.69) is 32.2 Å². The second kappa shape index (κ2) is 9.18. The zero-order valence-corrected chi connectivity index (χ0v) is 19.1. The summed E-state index contributed by atoms with van der Waals surface area (Å²) >= 11 is 1.49. The number of aromatic nitrogens is 2. The fourth-order valence-electron chi connectivity index (χ4n) is 3.47. The second-order valence-electron chi connectivity index (χ2n) is 7.68. The molecule has 2 aromatic heterocycles. The van der Waals surface area contributed by atoms with Crippen LogP contribution in [-0.2, 0) is 0 Å². The van der Waals surface area contributed by atoms with E-state index >= 15 is 0 Å². The summed E-state index contributed by atoms with van der Waals surface area (Å²) in [6, 6.07) is 26.0. The first kappa shape index (κ1) is 20.8. The van der Waals surface area contributed by atoms with Gasteiger partial charge in [0.05, 0.1) is 11.4 Å². The van der Waals surface area contributed by atoms with Crippen molar-refractivity contribution >= 4 is 44.6 Å². The third kappa shape index (κ3) is 4.58. The quantitative estimate of drug-likeness (QED) is 0.174. The molecule has 5 rings (SSSR count). The number of thiazole rings is 1. The lowest BCUT2D eigenvalue weighted by molar-refractivity contribution is 1.13. The molecule has 6 nitrogen and oxygen atoms in total. The third-order valence-corrected chi connectivity index (χ3v) is 5.95. The minimum Gasteiger partial charge on any atom is -0.378 e. The number of aliphatic imine (C=N–C) groups is 1. The zero-order chi connectivity index (χ0) is 22.6. The number of hydrogen-bond acceptors (Lipinski definition) is 5. The van der Waals surface area contributed by atoms with Crippen LogP contribution in [-0.4, -0.2) is 29.9 Å². The maximum absolute atomic E-state index is 4.77. The highest BCUT2D eigenvalue weighted by atomic mass is 32.1. The van der Waals surface area contributed by atoms with Crippen LogP contribution in [0.5, 0.6) is 0 Å². The Labute approximate surface area is 196 Å². The molecule has 0 bridgehead atoms.